The highest BCUT2D eigenvalue weighted by Gasteiger charge is 2.16. The molecule has 5 nitrogen and oxygen atoms in total. The third-order valence-electron chi connectivity index (χ3n) is 2.98. The van der Waals surface area contributed by atoms with Gasteiger partial charge in [0, 0.05) is 19.2 Å². The van der Waals surface area contributed by atoms with Crippen LogP contribution in [0, 0.1) is 5.82 Å². The Balaban J connectivity index is 2.86. The van der Waals surface area contributed by atoms with Crippen LogP contribution < -0.4 is 10.1 Å². The highest BCUT2D eigenvalue weighted by molar-refractivity contribution is 5.91. The third-order valence-corrected chi connectivity index (χ3v) is 2.98. The number of unbranched alkanes of at least 4 members (excludes halogenated alkanes) is 1. The molecule has 0 aliphatic heterocycles. The van der Waals surface area contributed by atoms with Gasteiger partial charge in [0.2, 0.25) is 0 Å². The number of anilines is 1. The number of benzene rings is 1. The molecule has 1 aromatic rings. The Bertz CT molecular complexity index is 480. The lowest BCUT2D eigenvalue weighted by atomic mass is 10.2. The molecule has 0 saturated heterocycles. The average Bonchev–Trinajstić information content (AvgIpc) is 2.45. The van der Waals surface area contributed by atoms with Crippen molar-refractivity contribution >= 4 is 11.7 Å². The van der Waals surface area contributed by atoms with E-state index in [0.29, 0.717) is 12.3 Å². The first-order valence-corrected chi connectivity index (χ1v) is 7.61. The Hall–Kier alpha value is -1.82. The number of carbonyl (C=O) groups excluding carboxylic acids is 1. The van der Waals surface area contributed by atoms with Crippen molar-refractivity contribution in [2.75, 3.05) is 25.0 Å². The van der Waals surface area contributed by atoms with Gasteiger partial charge < -0.3 is 20.1 Å². The maximum atomic E-state index is 13.4. The van der Waals surface area contributed by atoms with E-state index >= 15 is 0 Å². The molecule has 124 valence electrons. The van der Waals surface area contributed by atoms with Crippen LogP contribution in [0.15, 0.2) is 18.2 Å². The summed E-state index contributed by atoms with van der Waals surface area (Å²) < 4.78 is 19.0. The highest BCUT2D eigenvalue weighted by Crippen LogP contribution is 2.26. The summed E-state index contributed by atoms with van der Waals surface area (Å²) >= 11 is 0. The van der Waals surface area contributed by atoms with Crippen LogP contribution in [0.1, 0.15) is 33.6 Å². The molecule has 0 aliphatic rings. The van der Waals surface area contributed by atoms with Crippen LogP contribution >= 0.6 is 0 Å². The smallest absolute Gasteiger partial charge is 0.322 e. The van der Waals surface area contributed by atoms with Crippen molar-refractivity contribution in [3.63, 3.8) is 0 Å². The summed E-state index contributed by atoms with van der Waals surface area (Å²) in [6.07, 6.45) is 1.69. The van der Waals surface area contributed by atoms with E-state index in [1.165, 1.54) is 23.1 Å². The fraction of sp³-hybridized carbons (Fsp3) is 0.562. The third kappa shape index (κ3) is 5.89. The first-order chi connectivity index (χ1) is 10.5. The molecule has 0 heterocycles. The predicted molar refractivity (Wildman–Crippen MR) is 84.7 cm³/mol. The molecular weight excluding hydrogens is 287 g/mol. The Morgan fingerprint density at radius 1 is 1.41 bits per heavy atom. The van der Waals surface area contributed by atoms with Gasteiger partial charge in [-0.15, -0.1) is 0 Å². The van der Waals surface area contributed by atoms with Crippen LogP contribution in [0.3, 0.4) is 0 Å². The van der Waals surface area contributed by atoms with E-state index in [4.69, 9.17) is 9.84 Å². The van der Waals surface area contributed by atoms with Crippen LogP contribution in [0.25, 0.3) is 0 Å². The Labute approximate surface area is 131 Å². The van der Waals surface area contributed by atoms with Gasteiger partial charge in [-0.25, -0.2) is 9.18 Å². The summed E-state index contributed by atoms with van der Waals surface area (Å²) in [4.78, 5) is 13.8. The summed E-state index contributed by atoms with van der Waals surface area (Å²) in [6, 6.07) is 3.64. The van der Waals surface area contributed by atoms with Gasteiger partial charge in [0.15, 0.2) is 0 Å². The van der Waals surface area contributed by atoms with Crippen molar-refractivity contribution < 1.29 is 19.0 Å². The zero-order valence-electron chi connectivity index (χ0n) is 13.4. The van der Waals surface area contributed by atoms with Crippen molar-refractivity contribution in [2.24, 2.45) is 0 Å². The number of urea groups is 1. The van der Waals surface area contributed by atoms with Crippen LogP contribution in [0.4, 0.5) is 14.9 Å². The molecule has 2 amide bonds. The van der Waals surface area contributed by atoms with Crippen molar-refractivity contribution in [2.45, 2.75) is 39.7 Å². The number of hydrogen-bond acceptors (Lipinski definition) is 3. The van der Waals surface area contributed by atoms with Gasteiger partial charge in [-0.05, 0) is 32.4 Å². The maximum Gasteiger partial charge on any atom is 0.322 e. The molecule has 0 aromatic heterocycles. The highest BCUT2D eigenvalue weighted by atomic mass is 19.1. The summed E-state index contributed by atoms with van der Waals surface area (Å²) in [5.74, 6) is -0.0298. The van der Waals surface area contributed by atoms with Crippen LogP contribution in [-0.4, -0.2) is 41.8 Å². The van der Waals surface area contributed by atoms with Gasteiger partial charge in [-0.3, -0.25) is 0 Å². The molecular formula is C16H25FN2O3. The fourth-order valence-electron chi connectivity index (χ4n) is 1.94. The number of nitrogens with zero attached hydrogens (tertiary/aromatic N) is 1. The van der Waals surface area contributed by atoms with Gasteiger partial charge in [0.25, 0.3) is 0 Å². The van der Waals surface area contributed by atoms with E-state index in [-0.39, 0.29) is 31.0 Å². The molecule has 0 unspecified atom stereocenters. The molecule has 22 heavy (non-hydrogen) atoms. The lowest BCUT2D eigenvalue weighted by Crippen LogP contribution is -2.37. The second-order valence-corrected chi connectivity index (χ2v) is 5.30. The Kier molecular flexibility index (Phi) is 7.66. The average molecular weight is 312 g/mol. The number of carbonyl (C=O) groups is 1. The van der Waals surface area contributed by atoms with E-state index < -0.39 is 5.82 Å². The second-order valence-electron chi connectivity index (χ2n) is 5.30. The lowest BCUT2D eigenvalue weighted by Gasteiger charge is -2.23. The van der Waals surface area contributed by atoms with Gasteiger partial charge in [0.1, 0.15) is 11.6 Å². The van der Waals surface area contributed by atoms with Crippen molar-refractivity contribution in [1.29, 1.82) is 0 Å². The molecule has 0 aliphatic carbocycles. The normalized spacial score (nSPS) is 10.6. The summed E-state index contributed by atoms with van der Waals surface area (Å²) in [5, 5.41) is 11.7. The number of rotatable bonds is 8. The minimum atomic E-state index is -0.450. The molecule has 1 rings (SSSR count). The molecule has 6 heteroatoms. The van der Waals surface area contributed by atoms with Crippen molar-refractivity contribution in [3.05, 3.63) is 24.0 Å². The van der Waals surface area contributed by atoms with Gasteiger partial charge in [-0.1, -0.05) is 13.3 Å². The molecule has 0 bridgehead atoms. The number of nitrogens with one attached hydrogen (secondary N) is 1. The number of aliphatic hydroxyl groups is 1. The minimum absolute atomic E-state index is 0.0882. The fourth-order valence-corrected chi connectivity index (χ4v) is 1.94. The molecule has 0 spiro atoms. The van der Waals surface area contributed by atoms with Crippen molar-refractivity contribution in [1.82, 2.24) is 4.90 Å². The van der Waals surface area contributed by atoms with Crippen LogP contribution in [0.2, 0.25) is 0 Å². The van der Waals surface area contributed by atoms with Gasteiger partial charge in [-0.2, -0.15) is 0 Å². The largest absolute Gasteiger partial charge is 0.489 e. The topological polar surface area (TPSA) is 61.8 Å². The Morgan fingerprint density at radius 3 is 2.73 bits per heavy atom. The maximum absolute atomic E-state index is 13.4. The predicted octanol–water partition coefficient (Wildman–Crippen LogP) is 3.24. The first kappa shape index (κ1) is 18.2. The van der Waals surface area contributed by atoms with E-state index in [9.17, 15) is 9.18 Å². The van der Waals surface area contributed by atoms with Gasteiger partial charge in [0.05, 0.1) is 18.4 Å². The number of halogens is 1. The molecule has 0 radical (unpaired) electrons. The molecule has 0 fully saturated rings. The van der Waals surface area contributed by atoms with Gasteiger partial charge >= 0.3 is 6.03 Å². The van der Waals surface area contributed by atoms with E-state index in [0.717, 1.165) is 12.8 Å². The number of ether oxygens (including phenoxy) is 1. The standard InChI is InChI=1S/C16H25FN2O3/c1-4-5-8-19(9-10-20)16(21)18-14-11-13(17)6-7-15(14)22-12(2)3/h6-7,11-12,20H,4-5,8-10H2,1-3H3,(H,18,21). The second kappa shape index (κ2) is 9.25. The Morgan fingerprint density at radius 2 is 2.14 bits per heavy atom. The van der Waals surface area contributed by atoms with Crippen LogP contribution in [-0.2, 0) is 0 Å². The summed E-state index contributed by atoms with van der Waals surface area (Å²) in [5.41, 5.74) is 0.290. The molecule has 1 aromatic carbocycles. The van der Waals surface area contributed by atoms with E-state index in [1.807, 2.05) is 20.8 Å². The number of hydrogen-bond donors (Lipinski definition) is 2. The zero-order valence-corrected chi connectivity index (χ0v) is 13.4. The molecule has 2 N–H and O–H groups in total. The zero-order chi connectivity index (χ0) is 16.5. The summed E-state index contributed by atoms with van der Waals surface area (Å²) in [6.45, 7) is 6.40. The van der Waals surface area contributed by atoms with E-state index in [2.05, 4.69) is 5.32 Å². The quantitative estimate of drug-likeness (QED) is 0.774. The first-order valence-electron chi connectivity index (χ1n) is 7.61. The minimum Gasteiger partial charge on any atom is -0.489 e. The summed E-state index contributed by atoms with van der Waals surface area (Å²) in [7, 11) is 0. The van der Waals surface area contributed by atoms with E-state index in [1.54, 1.807) is 0 Å². The molecule has 0 atom stereocenters. The SMILES string of the molecule is CCCCN(CCO)C(=O)Nc1cc(F)ccc1OC(C)C. The monoisotopic (exact) mass is 312 g/mol. The number of aliphatic hydroxyl groups excluding tert-OH is 1. The lowest BCUT2D eigenvalue weighted by molar-refractivity contribution is 0.187. The van der Waals surface area contributed by atoms with Crippen molar-refractivity contribution in [3.8, 4) is 5.75 Å². The van der Waals surface area contributed by atoms with Crippen LogP contribution in [0.5, 0.6) is 5.75 Å². The number of amides is 2. The molecule has 0 saturated carbocycles.